The second kappa shape index (κ2) is 10.0. The summed E-state index contributed by atoms with van der Waals surface area (Å²) in [4.78, 5) is 29.4. The van der Waals surface area contributed by atoms with Gasteiger partial charge >= 0.3 is 0 Å². The molecule has 1 amide bonds. The van der Waals surface area contributed by atoms with E-state index in [2.05, 4.69) is 23.6 Å². The summed E-state index contributed by atoms with van der Waals surface area (Å²) in [5, 5.41) is 11.2. The van der Waals surface area contributed by atoms with E-state index in [9.17, 15) is 14.9 Å². The normalized spacial score (nSPS) is 32.2. The Morgan fingerprint density at radius 2 is 2.09 bits per heavy atom. The number of hydrogen-bond acceptors (Lipinski definition) is 6. The zero-order chi connectivity index (χ0) is 22.6. The zero-order valence-corrected chi connectivity index (χ0v) is 19.1. The van der Waals surface area contributed by atoms with E-state index >= 15 is 0 Å². The number of fused-ring (bicyclic) bond motifs is 1. The summed E-state index contributed by atoms with van der Waals surface area (Å²) in [7, 11) is 0. The van der Waals surface area contributed by atoms with Gasteiger partial charge in [-0.15, -0.1) is 6.58 Å². The number of carbonyl (C=O) groups is 1. The van der Waals surface area contributed by atoms with Crippen LogP contribution in [0.2, 0.25) is 0 Å². The first kappa shape index (κ1) is 23.4. The van der Waals surface area contributed by atoms with Gasteiger partial charge in [0.25, 0.3) is 0 Å². The summed E-state index contributed by atoms with van der Waals surface area (Å²) < 4.78 is 12.3. The highest BCUT2D eigenvalue weighted by molar-refractivity contribution is 5.87. The first-order valence-corrected chi connectivity index (χ1v) is 12.2. The van der Waals surface area contributed by atoms with Gasteiger partial charge in [0.2, 0.25) is 12.5 Å². The minimum absolute atomic E-state index is 0.0992. The third-order valence-electron chi connectivity index (χ3n) is 7.78. The molecular weight excluding hydrogens is 410 g/mol. The number of unbranched alkanes of at least 4 members (excludes halogenated alkanes) is 2. The zero-order valence-electron chi connectivity index (χ0n) is 19.1. The Morgan fingerprint density at radius 1 is 1.28 bits per heavy atom. The molecule has 0 aromatic rings. The van der Waals surface area contributed by atoms with Crippen molar-refractivity contribution in [2.45, 2.75) is 63.2 Å². The lowest BCUT2D eigenvalue weighted by atomic mass is 9.64. The molecule has 0 aromatic carbocycles. The predicted octanol–water partition coefficient (Wildman–Crippen LogP) is 3.01. The molecule has 0 aliphatic carbocycles. The van der Waals surface area contributed by atoms with Gasteiger partial charge in [0, 0.05) is 23.9 Å². The molecule has 4 aliphatic rings. The number of rotatable bonds is 9. The lowest BCUT2D eigenvalue weighted by molar-refractivity contribution is -0.488. The van der Waals surface area contributed by atoms with Crippen LogP contribution in [0.25, 0.3) is 0 Å². The maximum Gasteiger partial charge on any atom is 0.231 e. The van der Waals surface area contributed by atoms with E-state index in [1.54, 1.807) is 0 Å². The van der Waals surface area contributed by atoms with Crippen molar-refractivity contribution in [1.82, 2.24) is 9.80 Å². The standard InChI is InChI=1S/C24H37N3O5/c1-2-3-4-7-12-25-14-10-21(24(11-15-27(29)30)31-16-17-32-24)23(19-25)18-20-9-6-5-8-13-26(20)22(23)28/h2,6,9,20-21H,1,3-5,7-8,10-19H2/t20-,21+,23-/m0/s1. The molecule has 1 spiro atoms. The van der Waals surface area contributed by atoms with Gasteiger partial charge in [-0.25, -0.2) is 0 Å². The Labute approximate surface area is 190 Å². The van der Waals surface area contributed by atoms with Gasteiger partial charge in [0.15, 0.2) is 5.79 Å². The average Bonchev–Trinajstić information content (AvgIpc) is 3.26. The van der Waals surface area contributed by atoms with Crippen molar-refractivity contribution in [3.63, 3.8) is 0 Å². The van der Waals surface area contributed by atoms with Gasteiger partial charge in [0.1, 0.15) is 0 Å². The number of piperidine rings is 1. The number of nitrogens with zero attached hydrogens (tertiary/aromatic N) is 3. The van der Waals surface area contributed by atoms with Crippen molar-refractivity contribution in [1.29, 1.82) is 0 Å². The maximum atomic E-state index is 14.0. The minimum atomic E-state index is -1.04. The number of allylic oxidation sites excluding steroid dienone is 2. The number of nitro groups is 1. The number of amides is 1. The monoisotopic (exact) mass is 447 g/mol. The van der Waals surface area contributed by atoms with Crippen LogP contribution in [-0.2, 0) is 14.3 Å². The molecule has 8 heteroatoms. The molecule has 4 rings (SSSR count). The molecule has 0 radical (unpaired) electrons. The molecule has 8 nitrogen and oxygen atoms in total. The predicted molar refractivity (Wildman–Crippen MR) is 121 cm³/mol. The first-order chi connectivity index (χ1) is 15.5. The van der Waals surface area contributed by atoms with E-state index in [4.69, 9.17) is 9.47 Å². The van der Waals surface area contributed by atoms with E-state index in [1.165, 1.54) is 0 Å². The summed E-state index contributed by atoms with van der Waals surface area (Å²) in [5.41, 5.74) is -0.621. The Balaban J connectivity index is 1.62. The van der Waals surface area contributed by atoms with Gasteiger partial charge in [0.05, 0.1) is 31.1 Å². The van der Waals surface area contributed by atoms with E-state index in [0.717, 1.165) is 64.6 Å². The second-order valence-electron chi connectivity index (χ2n) is 9.71. The van der Waals surface area contributed by atoms with Gasteiger partial charge in [-0.2, -0.15) is 0 Å². The van der Waals surface area contributed by atoms with E-state index < -0.39 is 11.2 Å². The van der Waals surface area contributed by atoms with Crippen LogP contribution in [0.3, 0.4) is 0 Å². The Hall–Kier alpha value is -1.77. The van der Waals surface area contributed by atoms with Crippen molar-refractivity contribution in [2.24, 2.45) is 11.3 Å². The van der Waals surface area contributed by atoms with E-state index in [-0.39, 0.29) is 35.8 Å². The largest absolute Gasteiger partial charge is 0.347 e. The first-order valence-electron chi connectivity index (χ1n) is 12.2. The smallest absolute Gasteiger partial charge is 0.231 e. The fourth-order valence-corrected chi connectivity index (χ4v) is 6.37. The Morgan fingerprint density at radius 3 is 2.84 bits per heavy atom. The molecule has 4 aliphatic heterocycles. The molecule has 3 atom stereocenters. The number of carbonyl (C=O) groups excluding carboxylic acids is 1. The fourth-order valence-electron chi connectivity index (χ4n) is 6.37. The number of likely N-dealkylation sites (tertiary alicyclic amines) is 1. The van der Waals surface area contributed by atoms with Crippen LogP contribution in [0.4, 0.5) is 0 Å². The summed E-state index contributed by atoms with van der Waals surface area (Å²) in [6.45, 7) is 7.72. The van der Waals surface area contributed by atoms with E-state index in [1.807, 2.05) is 11.0 Å². The molecule has 0 N–H and O–H groups in total. The van der Waals surface area contributed by atoms with Crippen LogP contribution >= 0.6 is 0 Å². The van der Waals surface area contributed by atoms with Crippen molar-refractivity contribution in [3.8, 4) is 0 Å². The van der Waals surface area contributed by atoms with Crippen LogP contribution in [0.5, 0.6) is 0 Å². The highest BCUT2D eigenvalue weighted by Crippen LogP contribution is 2.54. The third-order valence-corrected chi connectivity index (χ3v) is 7.78. The van der Waals surface area contributed by atoms with Gasteiger partial charge in [-0.3, -0.25) is 14.9 Å². The highest BCUT2D eigenvalue weighted by atomic mass is 16.7. The highest BCUT2D eigenvalue weighted by Gasteiger charge is 2.64. The second-order valence-corrected chi connectivity index (χ2v) is 9.71. The quantitative estimate of drug-likeness (QED) is 0.234. The molecule has 0 unspecified atom stereocenters. The molecule has 3 saturated heterocycles. The summed E-state index contributed by atoms with van der Waals surface area (Å²) in [6, 6.07) is 0.0992. The minimum Gasteiger partial charge on any atom is -0.347 e. The number of ether oxygens (including phenoxy) is 2. The van der Waals surface area contributed by atoms with Gasteiger partial charge in [-0.1, -0.05) is 18.2 Å². The topological polar surface area (TPSA) is 85.2 Å². The van der Waals surface area contributed by atoms with Crippen molar-refractivity contribution < 1.29 is 19.2 Å². The molecule has 178 valence electrons. The summed E-state index contributed by atoms with van der Waals surface area (Å²) >= 11 is 0. The lowest BCUT2D eigenvalue weighted by Gasteiger charge is -2.50. The van der Waals surface area contributed by atoms with Crippen molar-refractivity contribution >= 4 is 5.91 Å². The fraction of sp³-hybridized carbons (Fsp3) is 0.792. The number of hydrogen-bond donors (Lipinski definition) is 0. The van der Waals surface area contributed by atoms with Crippen LogP contribution in [-0.4, -0.2) is 78.4 Å². The molecule has 0 saturated carbocycles. The Kier molecular flexibility index (Phi) is 7.32. The molecule has 0 aromatic heterocycles. The van der Waals surface area contributed by atoms with Crippen molar-refractivity contribution in [3.05, 3.63) is 34.9 Å². The van der Waals surface area contributed by atoms with Crippen LogP contribution in [0.1, 0.15) is 51.4 Å². The van der Waals surface area contributed by atoms with Crippen LogP contribution < -0.4 is 0 Å². The van der Waals surface area contributed by atoms with E-state index in [0.29, 0.717) is 19.8 Å². The van der Waals surface area contributed by atoms with Crippen LogP contribution in [0.15, 0.2) is 24.8 Å². The summed E-state index contributed by atoms with van der Waals surface area (Å²) in [6.07, 6.45) is 13.2. The van der Waals surface area contributed by atoms with Crippen LogP contribution in [0, 0.1) is 21.4 Å². The maximum absolute atomic E-state index is 14.0. The summed E-state index contributed by atoms with van der Waals surface area (Å²) in [5.74, 6) is -1.02. The Bertz CT molecular complexity index is 735. The average molecular weight is 448 g/mol. The van der Waals surface area contributed by atoms with Gasteiger partial charge < -0.3 is 19.3 Å². The molecule has 0 bridgehead atoms. The van der Waals surface area contributed by atoms with Gasteiger partial charge in [-0.05, 0) is 58.0 Å². The molecule has 4 heterocycles. The third kappa shape index (κ3) is 4.50. The SMILES string of the molecule is C=CCCCCN1CC[C@@H](C2(CC[N+](=O)[O-])OCCO2)[C@]2(C[C@@H]3C=CCCCN3C2=O)C1. The van der Waals surface area contributed by atoms with Crippen molar-refractivity contribution in [2.75, 3.05) is 45.9 Å². The molecule has 32 heavy (non-hydrogen) atoms. The lowest BCUT2D eigenvalue weighted by Crippen LogP contribution is -2.60. The molecule has 3 fully saturated rings. The molecular formula is C24H37N3O5.